The average molecular weight is 551 g/mol. The zero-order valence-corrected chi connectivity index (χ0v) is 25.2. The van der Waals surface area contributed by atoms with Gasteiger partial charge >= 0.3 is 0 Å². The van der Waals surface area contributed by atoms with Gasteiger partial charge in [-0.3, -0.25) is 0 Å². The summed E-state index contributed by atoms with van der Waals surface area (Å²) in [7, 11) is 0. The molecule has 6 aromatic carbocycles. The van der Waals surface area contributed by atoms with Gasteiger partial charge in [0.1, 0.15) is 0 Å². The molecule has 0 heteroatoms. The van der Waals surface area contributed by atoms with Crippen molar-refractivity contribution in [1.82, 2.24) is 0 Å². The molecule has 0 aromatic heterocycles. The first-order chi connectivity index (χ1) is 20.9. The molecule has 6 aromatic rings. The van der Waals surface area contributed by atoms with Gasteiger partial charge in [-0.1, -0.05) is 161 Å². The fourth-order valence-electron chi connectivity index (χ4n) is 9.25. The summed E-state index contributed by atoms with van der Waals surface area (Å²) >= 11 is 0. The fraction of sp³-hybridized carbons (Fsp3) is 0.163. The van der Waals surface area contributed by atoms with E-state index in [0.29, 0.717) is 0 Å². The second-order valence-electron chi connectivity index (χ2n) is 13.6. The third-order valence-corrected chi connectivity index (χ3v) is 10.9. The normalized spacial score (nSPS) is 16.9. The third-order valence-electron chi connectivity index (χ3n) is 10.9. The van der Waals surface area contributed by atoms with Gasteiger partial charge < -0.3 is 0 Å². The number of hydrogen-bond donors (Lipinski definition) is 0. The maximum Gasteiger partial charge on any atom is 0.0719 e. The standard InChI is InChI=1S/C43H34/c1-41(2)32-24-14-11-21-29(32)35-38-36(30-22-12-15-25-33(30)42(38,3)4)40-37(39(35)41)31-23-13-16-26-34(31)43(40,27-17-7-5-8-18-27)28-19-9-6-10-20-28/h5-26H,1-4H3. The van der Waals surface area contributed by atoms with Gasteiger partial charge in [-0.2, -0.15) is 0 Å². The first-order valence-electron chi connectivity index (χ1n) is 15.6. The lowest BCUT2D eigenvalue weighted by atomic mass is 9.64. The van der Waals surface area contributed by atoms with Crippen LogP contribution in [-0.4, -0.2) is 0 Å². The van der Waals surface area contributed by atoms with Crippen LogP contribution in [0.15, 0.2) is 133 Å². The summed E-state index contributed by atoms with van der Waals surface area (Å²) in [6.45, 7) is 9.81. The van der Waals surface area contributed by atoms with Gasteiger partial charge in [0.2, 0.25) is 0 Å². The van der Waals surface area contributed by atoms with Gasteiger partial charge in [-0.25, -0.2) is 0 Å². The van der Waals surface area contributed by atoms with Gasteiger partial charge in [0.25, 0.3) is 0 Å². The van der Waals surface area contributed by atoms with Crippen molar-refractivity contribution in [3.8, 4) is 33.4 Å². The Bertz CT molecular complexity index is 2040. The SMILES string of the molecule is CC1(C)c2ccccc2-c2c1c1c(c3c2C(c2ccccc2)(c2ccccc2)c2ccccc2-3)C(C)(C)c2ccccc2-1. The van der Waals surface area contributed by atoms with Crippen molar-refractivity contribution in [2.24, 2.45) is 0 Å². The van der Waals surface area contributed by atoms with E-state index in [2.05, 4.69) is 161 Å². The molecular weight excluding hydrogens is 516 g/mol. The highest BCUT2D eigenvalue weighted by atomic mass is 14.6. The Labute approximate surface area is 254 Å². The highest BCUT2D eigenvalue weighted by Crippen LogP contribution is 2.69. The van der Waals surface area contributed by atoms with Crippen LogP contribution >= 0.6 is 0 Å². The monoisotopic (exact) mass is 550 g/mol. The molecule has 206 valence electrons. The van der Waals surface area contributed by atoms with Crippen LogP contribution in [0.4, 0.5) is 0 Å². The van der Waals surface area contributed by atoms with E-state index in [1.165, 1.54) is 77.9 Å². The Morgan fingerprint density at radius 3 is 1.09 bits per heavy atom. The van der Waals surface area contributed by atoms with Crippen molar-refractivity contribution in [1.29, 1.82) is 0 Å². The molecule has 0 fully saturated rings. The molecular formula is C43H34. The van der Waals surface area contributed by atoms with Crippen molar-refractivity contribution >= 4 is 0 Å². The van der Waals surface area contributed by atoms with Crippen LogP contribution in [0.5, 0.6) is 0 Å². The highest BCUT2D eigenvalue weighted by Gasteiger charge is 2.55. The van der Waals surface area contributed by atoms with Gasteiger partial charge in [-0.15, -0.1) is 0 Å². The van der Waals surface area contributed by atoms with E-state index in [9.17, 15) is 0 Å². The van der Waals surface area contributed by atoms with Crippen molar-refractivity contribution in [3.63, 3.8) is 0 Å². The van der Waals surface area contributed by atoms with Gasteiger partial charge in [0.05, 0.1) is 5.41 Å². The summed E-state index contributed by atoms with van der Waals surface area (Å²) in [6, 6.07) is 50.2. The molecule has 0 aliphatic heterocycles. The van der Waals surface area contributed by atoms with Crippen LogP contribution in [0.3, 0.4) is 0 Å². The van der Waals surface area contributed by atoms with Gasteiger partial charge in [0.15, 0.2) is 0 Å². The molecule has 0 saturated heterocycles. The van der Waals surface area contributed by atoms with E-state index < -0.39 is 5.41 Å². The van der Waals surface area contributed by atoms with Crippen molar-refractivity contribution in [3.05, 3.63) is 178 Å². The van der Waals surface area contributed by atoms with Crippen LogP contribution in [0.2, 0.25) is 0 Å². The number of benzene rings is 6. The van der Waals surface area contributed by atoms with Gasteiger partial charge in [0, 0.05) is 10.8 Å². The largest absolute Gasteiger partial charge is 0.0719 e. The zero-order chi connectivity index (χ0) is 29.1. The quantitative estimate of drug-likeness (QED) is 0.201. The lowest BCUT2D eigenvalue weighted by molar-refractivity contribution is 0.646. The molecule has 0 saturated carbocycles. The Hall–Kier alpha value is -4.68. The molecule has 0 amide bonds. The van der Waals surface area contributed by atoms with Gasteiger partial charge in [-0.05, 0) is 77.9 Å². The lowest BCUT2D eigenvalue weighted by Gasteiger charge is -2.37. The summed E-state index contributed by atoms with van der Waals surface area (Å²) in [6.07, 6.45) is 0. The van der Waals surface area contributed by atoms with Crippen LogP contribution in [0.25, 0.3) is 33.4 Å². The van der Waals surface area contributed by atoms with Crippen LogP contribution < -0.4 is 0 Å². The summed E-state index contributed by atoms with van der Waals surface area (Å²) in [4.78, 5) is 0. The fourth-order valence-corrected chi connectivity index (χ4v) is 9.25. The predicted molar refractivity (Wildman–Crippen MR) is 179 cm³/mol. The second-order valence-corrected chi connectivity index (χ2v) is 13.6. The number of fused-ring (bicyclic) bond motifs is 12. The minimum atomic E-state index is -0.452. The van der Waals surface area contributed by atoms with E-state index in [-0.39, 0.29) is 10.8 Å². The Morgan fingerprint density at radius 2 is 0.651 bits per heavy atom. The molecule has 0 nitrogen and oxygen atoms in total. The first-order valence-corrected chi connectivity index (χ1v) is 15.6. The molecule has 43 heavy (non-hydrogen) atoms. The smallest absolute Gasteiger partial charge is 0.0622 e. The average Bonchev–Trinajstić information content (AvgIpc) is 3.57. The Morgan fingerprint density at radius 1 is 0.326 bits per heavy atom. The summed E-state index contributed by atoms with van der Waals surface area (Å²) in [5.41, 5.74) is 19.1. The lowest BCUT2D eigenvalue weighted by Crippen LogP contribution is -2.30. The Kier molecular flexibility index (Phi) is 4.76. The first kappa shape index (κ1) is 24.9. The van der Waals surface area contributed by atoms with Crippen LogP contribution in [-0.2, 0) is 16.2 Å². The molecule has 0 unspecified atom stereocenters. The van der Waals surface area contributed by atoms with Crippen LogP contribution in [0.1, 0.15) is 72.2 Å². The molecule has 3 aliphatic carbocycles. The molecule has 0 N–H and O–H groups in total. The summed E-state index contributed by atoms with van der Waals surface area (Å²) in [5.74, 6) is 0. The maximum absolute atomic E-state index is 2.45. The minimum absolute atomic E-state index is 0.146. The summed E-state index contributed by atoms with van der Waals surface area (Å²) < 4.78 is 0. The van der Waals surface area contributed by atoms with Crippen molar-refractivity contribution < 1.29 is 0 Å². The predicted octanol–water partition coefficient (Wildman–Crippen LogP) is 10.7. The molecule has 0 radical (unpaired) electrons. The van der Waals surface area contributed by atoms with E-state index in [1.54, 1.807) is 0 Å². The summed E-state index contributed by atoms with van der Waals surface area (Å²) in [5, 5.41) is 0. The molecule has 0 atom stereocenters. The third kappa shape index (κ3) is 2.83. The molecule has 9 rings (SSSR count). The maximum atomic E-state index is 2.45. The Balaban J connectivity index is 1.61. The number of hydrogen-bond acceptors (Lipinski definition) is 0. The molecule has 0 bridgehead atoms. The second kappa shape index (κ2) is 8.23. The minimum Gasteiger partial charge on any atom is -0.0622 e. The molecule has 0 heterocycles. The number of rotatable bonds is 2. The van der Waals surface area contributed by atoms with Crippen molar-refractivity contribution in [2.45, 2.75) is 43.9 Å². The van der Waals surface area contributed by atoms with E-state index >= 15 is 0 Å². The zero-order valence-electron chi connectivity index (χ0n) is 25.2. The van der Waals surface area contributed by atoms with E-state index in [0.717, 1.165) is 0 Å². The molecule has 0 spiro atoms. The van der Waals surface area contributed by atoms with Crippen molar-refractivity contribution in [2.75, 3.05) is 0 Å². The molecule has 3 aliphatic rings. The van der Waals surface area contributed by atoms with E-state index in [1.807, 2.05) is 0 Å². The van der Waals surface area contributed by atoms with Crippen LogP contribution in [0, 0.1) is 0 Å². The topological polar surface area (TPSA) is 0 Å². The highest BCUT2D eigenvalue weighted by molar-refractivity contribution is 6.06. The van der Waals surface area contributed by atoms with E-state index in [4.69, 9.17) is 0 Å².